The van der Waals surface area contributed by atoms with Gasteiger partial charge in [-0.15, -0.1) is 0 Å². The number of aromatic amines is 1. The van der Waals surface area contributed by atoms with Gasteiger partial charge in [-0.25, -0.2) is 4.98 Å². The van der Waals surface area contributed by atoms with Gasteiger partial charge in [0.25, 0.3) is 0 Å². The van der Waals surface area contributed by atoms with Gasteiger partial charge in [0.15, 0.2) is 5.78 Å². The van der Waals surface area contributed by atoms with Gasteiger partial charge in [0.2, 0.25) is 0 Å². The highest BCUT2D eigenvalue weighted by Gasteiger charge is 2.40. The summed E-state index contributed by atoms with van der Waals surface area (Å²) in [7, 11) is 0. The molecule has 5 rings (SSSR count). The summed E-state index contributed by atoms with van der Waals surface area (Å²) >= 11 is 0. The van der Waals surface area contributed by atoms with E-state index in [0.717, 1.165) is 71.8 Å². The molecular formula is C25H28N4O2. The van der Waals surface area contributed by atoms with Crippen LogP contribution in [0.4, 0.5) is 5.69 Å². The standard InChI is InChI=1S/C25H28N4O2/c1-5-15-12-18-19(13-20(15)29-8-10-31-11-9-29)25(2,3)23-21(22(18)30)17-7-6-16(14-26-4)27-24(17)28-23/h6-7,12-13H,4-5,8-11,14H2,1-3H3,(H,27,28). The molecule has 6 nitrogen and oxygen atoms in total. The van der Waals surface area contributed by atoms with Crippen LogP contribution in [-0.4, -0.2) is 48.8 Å². The van der Waals surface area contributed by atoms with Crippen molar-refractivity contribution in [2.24, 2.45) is 4.99 Å². The third-order valence-corrected chi connectivity index (χ3v) is 6.71. The molecule has 1 aromatic carbocycles. The van der Waals surface area contributed by atoms with E-state index in [1.54, 1.807) is 0 Å². The van der Waals surface area contributed by atoms with Gasteiger partial charge in [0.1, 0.15) is 5.65 Å². The molecule has 0 spiro atoms. The maximum atomic E-state index is 13.7. The first-order chi connectivity index (χ1) is 15.0. The molecule has 0 amide bonds. The first kappa shape index (κ1) is 19.9. The number of carbonyl (C=O) groups excluding carboxylic acids is 1. The Balaban J connectivity index is 1.70. The van der Waals surface area contributed by atoms with E-state index in [1.165, 1.54) is 11.3 Å². The highest BCUT2D eigenvalue weighted by Crippen LogP contribution is 2.45. The number of rotatable bonds is 4. The number of morpholine rings is 1. The zero-order valence-electron chi connectivity index (χ0n) is 18.4. The lowest BCUT2D eigenvalue weighted by Gasteiger charge is -2.36. The molecule has 3 heterocycles. The predicted octanol–water partition coefficient (Wildman–Crippen LogP) is 4.03. The molecule has 1 aliphatic carbocycles. The highest BCUT2D eigenvalue weighted by atomic mass is 16.5. The van der Waals surface area contributed by atoms with E-state index in [2.05, 4.69) is 54.5 Å². The van der Waals surface area contributed by atoms with Gasteiger partial charge in [0.05, 0.1) is 31.0 Å². The number of aromatic nitrogens is 2. The molecule has 31 heavy (non-hydrogen) atoms. The van der Waals surface area contributed by atoms with Gasteiger partial charge < -0.3 is 14.6 Å². The lowest BCUT2D eigenvalue weighted by atomic mass is 9.70. The average Bonchev–Trinajstić information content (AvgIpc) is 3.18. The second-order valence-electron chi connectivity index (χ2n) is 8.89. The summed E-state index contributed by atoms with van der Waals surface area (Å²) in [6, 6.07) is 8.28. The summed E-state index contributed by atoms with van der Waals surface area (Å²) in [4.78, 5) is 28.2. The molecule has 6 heteroatoms. The average molecular weight is 417 g/mol. The molecule has 1 fully saturated rings. The number of hydrogen-bond acceptors (Lipinski definition) is 5. The van der Waals surface area contributed by atoms with E-state index >= 15 is 0 Å². The third kappa shape index (κ3) is 3.00. The van der Waals surface area contributed by atoms with Crippen molar-refractivity contribution < 1.29 is 9.53 Å². The van der Waals surface area contributed by atoms with Crippen molar-refractivity contribution in [3.8, 4) is 0 Å². The van der Waals surface area contributed by atoms with Crippen LogP contribution in [0.3, 0.4) is 0 Å². The molecule has 0 saturated carbocycles. The maximum Gasteiger partial charge on any atom is 0.195 e. The van der Waals surface area contributed by atoms with Gasteiger partial charge in [-0.1, -0.05) is 20.8 Å². The van der Waals surface area contributed by atoms with E-state index < -0.39 is 0 Å². The van der Waals surface area contributed by atoms with Crippen molar-refractivity contribution in [1.82, 2.24) is 9.97 Å². The zero-order valence-corrected chi connectivity index (χ0v) is 18.4. The van der Waals surface area contributed by atoms with Crippen molar-refractivity contribution in [1.29, 1.82) is 0 Å². The summed E-state index contributed by atoms with van der Waals surface area (Å²) in [5.41, 5.74) is 7.24. The van der Waals surface area contributed by atoms with Crippen LogP contribution >= 0.6 is 0 Å². The van der Waals surface area contributed by atoms with Gasteiger partial charge in [-0.2, -0.15) is 0 Å². The smallest absolute Gasteiger partial charge is 0.195 e. The quantitative estimate of drug-likeness (QED) is 0.652. The van der Waals surface area contributed by atoms with Crippen LogP contribution in [0.15, 0.2) is 29.3 Å². The predicted molar refractivity (Wildman–Crippen MR) is 124 cm³/mol. The Morgan fingerprint density at radius 2 is 2.03 bits per heavy atom. The van der Waals surface area contributed by atoms with E-state index in [1.807, 2.05) is 12.1 Å². The van der Waals surface area contributed by atoms with Crippen LogP contribution in [0.5, 0.6) is 0 Å². The number of nitrogens with one attached hydrogen (secondary N) is 1. The Labute approximate surface area is 182 Å². The monoisotopic (exact) mass is 416 g/mol. The van der Waals surface area contributed by atoms with Crippen molar-refractivity contribution in [3.05, 3.63) is 57.9 Å². The molecule has 3 aromatic rings. The minimum absolute atomic E-state index is 0.0789. The number of ether oxygens (including phenoxy) is 1. The van der Waals surface area contributed by atoms with Crippen LogP contribution in [0, 0.1) is 0 Å². The fraction of sp³-hybridized carbons (Fsp3) is 0.400. The number of pyridine rings is 1. The van der Waals surface area contributed by atoms with Crippen LogP contribution in [0.1, 0.15) is 59.2 Å². The second kappa shape index (κ2) is 7.31. The number of fused-ring (bicyclic) bond motifs is 4. The Hall–Kier alpha value is -2.99. The number of anilines is 1. The largest absolute Gasteiger partial charge is 0.378 e. The molecule has 1 N–H and O–H groups in total. The molecule has 0 bridgehead atoms. The minimum atomic E-state index is -0.344. The van der Waals surface area contributed by atoms with Gasteiger partial charge >= 0.3 is 0 Å². The first-order valence-corrected chi connectivity index (χ1v) is 10.9. The first-order valence-electron chi connectivity index (χ1n) is 10.9. The summed E-state index contributed by atoms with van der Waals surface area (Å²) in [5, 5.41) is 0.877. The van der Waals surface area contributed by atoms with Crippen LogP contribution < -0.4 is 4.90 Å². The highest BCUT2D eigenvalue weighted by molar-refractivity contribution is 6.20. The summed E-state index contributed by atoms with van der Waals surface area (Å²) in [6.45, 7) is 13.8. The maximum absolute atomic E-state index is 13.7. The van der Waals surface area contributed by atoms with Crippen LogP contribution in [0.25, 0.3) is 11.0 Å². The van der Waals surface area contributed by atoms with Crippen molar-refractivity contribution in [3.63, 3.8) is 0 Å². The number of nitrogens with zero attached hydrogens (tertiary/aromatic N) is 3. The normalized spacial score (nSPS) is 17.5. The Morgan fingerprint density at radius 3 is 2.74 bits per heavy atom. The molecule has 0 unspecified atom stereocenters. The molecular weight excluding hydrogens is 388 g/mol. The Kier molecular flexibility index (Phi) is 4.70. The molecule has 1 aliphatic heterocycles. The number of hydrogen-bond donors (Lipinski definition) is 1. The van der Waals surface area contributed by atoms with Gasteiger partial charge in [0, 0.05) is 40.8 Å². The van der Waals surface area contributed by atoms with E-state index in [-0.39, 0.29) is 11.2 Å². The number of ketones is 1. The van der Waals surface area contributed by atoms with Crippen molar-refractivity contribution in [2.75, 3.05) is 31.2 Å². The number of carbonyl (C=O) groups is 1. The zero-order chi connectivity index (χ0) is 21.8. The molecule has 1 saturated heterocycles. The molecule has 160 valence electrons. The van der Waals surface area contributed by atoms with E-state index in [0.29, 0.717) is 6.54 Å². The number of H-pyrrole nitrogens is 1. The summed E-state index contributed by atoms with van der Waals surface area (Å²) in [5.74, 6) is 0.0789. The lowest BCUT2D eigenvalue weighted by Crippen LogP contribution is -2.38. The van der Waals surface area contributed by atoms with Crippen molar-refractivity contribution >= 4 is 29.2 Å². The molecule has 0 atom stereocenters. The topological polar surface area (TPSA) is 70.6 Å². The summed E-state index contributed by atoms with van der Waals surface area (Å²) in [6.07, 6.45) is 0.883. The van der Waals surface area contributed by atoms with E-state index in [9.17, 15) is 4.79 Å². The molecule has 2 aromatic heterocycles. The summed E-state index contributed by atoms with van der Waals surface area (Å²) < 4.78 is 5.55. The number of benzene rings is 1. The van der Waals surface area contributed by atoms with Crippen LogP contribution in [0.2, 0.25) is 0 Å². The van der Waals surface area contributed by atoms with Gasteiger partial charge in [-0.05, 0) is 48.5 Å². The lowest BCUT2D eigenvalue weighted by molar-refractivity contribution is 0.103. The van der Waals surface area contributed by atoms with E-state index in [4.69, 9.17) is 9.72 Å². The Morgan fingerprint density at radius 1 is 1.26 bits per heavy atom. The van der Waals surface area contributed by atoms with Crippen molar-refractivity contribution in [2.45, 2.75) is 39.2 Å². The molecule has 2 aliphatic rings. The third-order valence-electron chi connectivity index (χ3n) is 6.71. The Bertz CT molecular complexity index is 1200. The fourth-order valence-corrected chi connectivity index (χ4v) is 5.01. The number of aliphatic imine (C=N–C) groups is 1. The fourth-order valence-electron chi connectivity index (χ4n) is 5.01. The second-order valence-corrected chi connectivity index (χ2v) is 8.89. The van der Waals surface area contributed by atoms with Gasteiger partial charge in [-0.3, -0.25) is 9.79 Å². The van der Waals surface area contributed by atoms with Crippen LogP contribution in [-0.2, 0) is 23.1 Å². The minimum Gasteiger partial charge on any atom is -0.378 e. The molecule has 0 radical (unpaired) electrons. The number of aryl methyl sites for hydroxylation is 1. The SMILES string of the molecule is C=NCc1ccc2c3c([nH]c2n1)C(C)(C)c1cc(N2CCOCC2)c(CC)cc1C3=O.